The van der Waals surface area contributed by atoms with Gasteiger partial charge in [0.05, 0.1) is 29.7 Å². The molecule has 5 aromatic rings. The Bertz CT molecular complexity index is 2100. The zero-order chi connectivity index (χ0) is 30.2. The lowest BCUT2D eigenvalue weighted by Gasteiger charge is -2.16. The first-order valence-corrected chi connectivity index (χ1v) is 15.8. The number of nitrogens with zero attached hydrogens (tertiary/aromatic N) is 1. The van der Waals surface area contributed by atoms with Crippen molar-refractivity contribution in [3.63, 3.8) is 0 Å². The molecule has 0 amide bonds. The highest BCUT2D eigenvalue weighted by molar-refractivity contribution is 7.92. The number of rotatable bonds is 9. The lowest BCUT2D eigenvalue weighted by molar-refractivity contribution is 0.354. The Balaban J connectivity index is 1.54. The highest BCUT2D eigenvalue weighted by atomic mass is 32.2. The van der Waals surface area contributed by atoms with Crippen molar-refractivity contribution in [3.8, 4) is 34.1 Å². The highest BCUT2D eigenvalue weighted by Crippen LogP contribution is 2.38. The van der Waals surface area contributed by atoms with Crippen LogP contribution in [0.15, 0.2) is 93.7 Å². The first-order valence-electron chi connectivity index (χ1n) is 12.5. The zero-order valence-corrected chi connectivity index (χ0v) is 24.7. The van der Waals surface area contributed by atoms with Crippen molar-refractivity contribution in [2.24, 2.45) is 7.05 Å². The van der Waals surface area contributed by atoms with Gasteiger partial charge < -0.3 is 23.8 Å². The Labute approximate surface area is 242 Å². The van der Waals surface area contributed by atoms with Crippen LogP contribution in [0.5, 0.6) is 23.0 Å². The van der Waals surface area contributed by atoms with Crippen LogP contribution in [-0.2, 0) is 26.9 Å². The Morgan fingerprint density at radius 3 is 2.24 bits per heavy atom. The molecule has 0 aliphatic carbocycles. The van der Waals surface area contributed by atoms with Gasteiger partial charge in [-0.2, -0.15) is 0 Å². The molecule has 2 aromatic heterocycles. The molecule has 42 heavy (non-hydrogen) atoms. The minimum Gasteiger partial charge on any atom is -0.493 e. The van der Waals surface area contributed by atoms with Crippen LogP contribution in [0.3, 0.4) is 0 Å². The second-order valence-electron chi connectivity index (χ2n) is 9.41. The molecule has 0 saturated heterocycles. The van der Waals surface area contributed by atoms with Gasteiger partial charge in [-0.1, -0.05) is 6.07 Å². The van der Waals surface area contributed by atoms with E-state index in [1.165, 1.54) is 61.3 Å². The van der Waals surface area contributed by atoms with E-state index in [-0.39, 0.29) is 32.5 Å². The molecule has 2 heterocycles. The number of aromatic amines is 1. The molecule has 0 saturated carbocycles. The number of sulfonamides is 1. The van der Waals surface area contributed by atoms with Gasteiger partial charge in [0.1, 0.15) is 17.0 Å². The van der Waals surface area contributed by atoms with E-state index < -0.39 is 19.9 Å². The van der Waals surface area contributed by atoms with Crippen molar-refractivity contribution in [1.82, 2.24) is 9.55 Å². The van der Waals surface area contributed by atoms with E-state index in [0.717, 1.165) is 6.26 Å². The molecule has 0 bridgehead atoms. The minimum atomic E-state index is -4.00. The van der Waals surface area contributed by atoms with Gasteiger partial charge in [-0.15, -0.1) is 0 Å². The van der Waals surface area contributed by atoms with Crippen LogP contribution >= 0.6 is 0 Å². The van der Waals surface area contributed by atoms with Gasteiger partial charge in [0.25, 0.3) is 15.6 Å². The van der Waals surface area contributed by atoms with Crippen LogP contribution in [0.2, 0.25) is 0 Å². The molecule has 0 fully saturated rings. The summed E-state index contributed by atoms with van der Waals surface area (Å²) >= 11 is 0. The van der Waals surface area contributed by atoms with Crippen LogP contribution in [0.4, 0.5) is 5.69 Å². The molecule has 0 spiro atoms. The standard InChI is InChI=1S/C29H27N3O8S2/c1-32-17-24(22-12-13-30-28(22)29(32)33)23-15-20(41(4,34)35)8-10-25(23)40-19-7-5-6-18(14-19)31-42(36,37)21-9-11-26(38-2)27(16-21)39-3/h5-17,30-31H,1-4H3. The molecule has 2 N–H and O–H groups in total. The van der Waals surface area contributed by atoms with Gasteiger partial charge in [-0.25, -0.2) is 16.8 Å². The summed E-state index contributed by atoms with van der Waals surface area (Å²) in [5, 5.41) is 0.588. The van der Waals surface area contributed by atoms with Gasteiger partial charge in [-0.05, 0) is 48.5 Å². The van der Waals surface area contributed by atoms with Crippen molar-refractivity contribution >= 4 is 36.5 Å². The Hall–Kier alpha value is -4.75. The van der Waals surface area contributed by atoms with Crippen molar-refractivity contribution in [2.45, 2.75) is 9.79 Å². The van der Waals surface area contributed by atoms with Gasteiger partial charge >= 0.3 is 0 Å². The molecular formula is C29H27N3O8S2. The number of sulfone groups is 1. The van der Waals surface area contributed by atoms with E-state index in [9.17, 15) is 21.6 Å². The number of hydrogen-bond acceptors (Lipinski definition) is 8. The molecule has 0 atom stereocenters. The van der Waals surface area contributed by atoms with Crippen LogP contribution < -0.4 is 24.5 Å². The van der Waals surface area contributed by atoms with Crippen molar-refractivity contribution < 1.29 is 31.0 Å². The molecule has 0 aliphatic rings. The number of benzene rings is 3. The number of fused-ring (bicyclic) bond motifs is 1. The minimum absolute atomic E-state index is 0.0321. The van der Waals surface area contributed by atoms with E-state index in [2.05, 4.69) is 9.71 Å². The lowest BCUT2D eigenvalue weighted by Crippen LogP contribution is -2.16. The SMILES string of the molecule is COc1ccc(S(=O)(=O)Nc2cccc(Oc3ccc(S(C)(=O)=O)cc3-c3cn(C)c(=O)c4[nH]ccc34)c2)cc1OC. The monoisotopic (exact) mass is 609 g/mol. The fourth-order valence-electron chi connectivity index (χ4n) is 4.47. The second-order valence-corrected chi connectivity index (χ2v) is 13.1. The summed E-state index contributed by atoms with van der Waals surface area (Å²) < 4.78 is 71.6. The third kappa shape index (κ3) is 5.56. The molecule has 13 heteroatoms. The number of pyridine rings is 1. The van der Waals surface area contributed by atoms with E-state index in [4.69, 9.17) is 14.2 Å². The third-order valence-electron chi connectivity index (χ3n) is 6.54. The molecule has 5 rings (SSSR count). The number of methoxy groups -OCH3 is 2. The number of H-pyrrole nitrogens is 1. The maximum absolute atomic E-state index is 13.1. The molecule has 11 nitrogen and oxygen atoms in total. The smallest absolute Gasteiger partial charge is 0.274 e. The number of nitrogens with one attached hydrogen (secondary N) is 2. The molecule has 218 valence electrons. The van der Waals surface area contributed by atoms with Gasteiger partial charge in [0, 0.05) is 54.3 Å². The second kappa shape index (κ2) is 10.9. The van der Waals surface area contributed by atoms with Crippen LogP contribution in [0.1, 0.15) is 0 Å². The Morgan fingerprint density at radius 1 is 0.810 bits per heavy atom. The summed E-state index contributed by atoms with van der Waals surface area (Å²) in [6.07, 6.45) is 4.35. The number of aromatic nitrogens is 2. The number of hydrogen-bond donors (Lipinski definition) is 2. The summed E-state index contributed by atoms with van der Waals surface area (Å²) in [6.45, 7) is 0. The van der Waals surface area contributed by atoms with Crippen LogP contribution in [-0.4, -0.2) is 46.9 Å². The summed E-state index contributed by atoms with van der Waals surface area (Å²) in [6, 6.07) is 16.7. The summed E-state index contributed by atoms with van der Waals surface area (Å²) in [4.78, 5) is 15.6. The van der Waals surface area contributed by atoms with E-state index in [1.54, 1.807) is 43.7 Å². The van der Waals surface area contributed by atoms with Crippen LogP contribution in [0, 0.1) is 0 Å². The van der Waals surface area contributed by atoms with Gasteiger partial charge in [0.15, 0.2) is 21.3 Å². The van der Waals surface area contributed by atoms with Gasteiger partial charge in [0.2, 0.25) is 0 Å². The normalized spacial score (nSPS) is 11.8. The zero-order valence-electron chi connectivity index (χ0n) is 23.0. The summed E-state index contributed by atoms with van der Waals surface area (Å²) in [7, 11) is -3.11. The number of anilines is 1. The average molecular weight is 610 g/mol. The highest BCUT2D eigenvalue weighted by Gasteiger charge is 2.20. The van der Waals surface area contributed by atoms with E-state index in [0.29, 0.717) is 33.5 Å². The molecule has 3 aromatic carbocycles. The van der Waals surface area contributed by atoms with E-state index in [1.807, 2.05) is 0 Å². The predicted octanol–water partition coefficient (Wildman–Crippen LogP) is 4.55. The molecular weight excluding hydrogens is 582 g/mol. The topological polar surface area (TPSA) is 146 Å². The maximum atomic E-state index is 13.1. The van der Waals surface area contributed by atoms with E-state index >= 15 is 0 Å². The molecule has 0 unspecified atom stereocenters. The summed E-state index contributed by atoms with van der Waals surface area (Å²) in [5.41, 5.74) is 1.34. The fraction of sp³-hybridized carbons (Fsp3) is 0.138. The van der Waals surface area contributed by atoms with Crippen LogP contribution in [0.25, 0.3) is 22.0 Å². The first kappa shape index (κ1) is 28.8. The quantitative estimate of drug-likeness (QED) is 0.248. The lowest BCUT2D eigenvalue weighted by atomic mass is 10.0. The average Bonchev–Trinajstić information content (AvgIpc) is 3.45. The van der Waals surface area contributed by atoms with Crippen molar-refractivity contribution in [3.05, 3.63) is 89.5 Å². The first-order chi connectivity index (χ1) is 19.9. The summed E-state index contributed by atoms with van der Waals surface area (Å²) in [5.74, 6) is 1.23. The number of ether oxygens (including phenoxy) is 3. The van der Waals surface area contributed by atoms with Crippen molar-refractivity contribution in [2.75, 3.05) is 25.2 Å². The Morgan fingerprint density at radius 2 is 1.52 bits per heavy atom. The predicted molar refractivity (Wildman–Crippen MR) is 159 cm³/mol. The maximum Gasteiger partial charge on any atom is 0.274 e. The largest absolute Gasteiger partial charge is 0.493 e. The fourth-order valence-corrected chi connectivity index (χ4v) is 6.18. The Kier molecular flexibility index (Phi) is 7.47. The number of aryl methyl sites for hydroxylation is 1. The van der Waals surface area contributed by atoms with Crippen molar-refractivity contribution in [1.29, 1.82) is 0 Å². The molecule has 0 radical (unpaired) electrons. The molecule has 0 aliphatic heterocycles. The van der Waals surface area contributed by atoms with Gasteiger partial charge in [-0.3, -0.25) is 9.52 Å². The third-order valence-corrected chi connectivity index (χ3v) is 9.03.